The van der Waals surface area contributed by atoms with Crippen molar-refractivity contribution in [2.45, 2.75) is 0 Å². The summed E-state index contributed by atoms with van der Waals surface area (Å²) in [6, 6.07) is 8.09. The van der Waals surface area contributed by atoms with Gasteiger partial charge in [0, 0.05) is 11.1 Å². The smallest absolute Gasteiger partial charge is 0.271 e. The van der Waals surface area contributed by atoms with Crippen molar-refractivity contribution in [1.29, 1.82) is 0 Å². The second-order valence-electron chi connectivity index (χ2n) is 4.39. The predicted molar refractivity (Wildman–Crippen MR) is 93.2 cm³/mol. The number of halogens is 2. The lowest BCUT2D eigenvalue weighted by atomic mass is 10.2. The Morgan fingerprint density at radius 1 is 1.26 bits per heavy atom. The van der Waals surface area contributed by atoms with Crippen molar-refractivity contribution < 1.29 is 19.7 Å². The third kappa shape index (κ3) is 4.02. The van der Waals surface area contributed by atoms with Crippen LogP contribution in [0.2, 0.25) is 0 Å². The number of methoxy groups -OCH3 is 1. The van der Waals surface area contributed by atoms with Crippen LogP contribution in [-0.4, -0.2) is 29.4 Å². The Hall–Kier alpha value is -2.06. The summed E-state index contributed by atoms with van der Waals surface area (Å²) in [5.74, 6) is -0.174. The molecule has 0 aliphatic rings. The van der Waals surface area contributed by atoms with E-state index in [1.165, 1.54) is 19.4 Å². The van der Waals surface area contributed by atoms with Gasteiger partial charge in [0.05, 0.1) is 17.8 Å². The lowest BCUT2D eigenvalue weighted by molar-refractivity contribution is 0.0954. The lowest BCUT2D eigenvalue weighted by Gasteiger charge is -2.06. The average Bonchev–Trinajstić information content (AvgIpc) is 2.57. The van der Waals surface area contributed by atoms with Crippen LogP contribution in [0.4, 0.5) is 0 Å². The maximum atomic E-state index is 12.0. The summed E-state index contributed by atoms with van der Waals surface area (Å²) < 4.78 is 5.56. The fourth-order valence-corrected chi connectivity index (χ4v) is 2.86. The van der Waals surface area contributed by atoms with Crippen molar-refractivity contribution in [3.63, 3.8) is 0 Å². The molecule has 2 aromatic carbocycles. The van der Waals surface area contributed by atoms with Crippen LogP contribution in [0.15, 0.2) is 44.4 Å². The molecule has 2 rings (SSSR count). The Bertz CT molecular complexity index is 778. The molecule has 120 valence electrons. The molecule has 1 amide bonds. The molecule has 0 bridgehead atoms. The van der Waals surface area contributed by atoms with E-state index in [2.05, 4.69) is 42.4 Å². The second kappa shape index (κ2) is 7.47. The van der Waals surface area contributed by atoms with Gasteiger partial charge in [0.1, 0.15) is 21.7 Å². The minimum absolute atomic E-state index is 0.125. The number of benzene rings is 2. The molecule has 0 atom stereocenters. The van der Waals surface area contributed by atoms with Gasteiger partial charge in [-0.2, -0.15) is 5.10 Å². The van der Waals surface area contributed by atoms with E-state index < -0.39 is 5.91 Å². The highest BCUT2D eigenvalue weighted by Gasteiger charge is 2.13. The number of phenolic OH excluding ortho intramolecular Hbond substituents is 2. The molecule has 0 aliphatic heterocycles. The fraction of sp³-hybridized carbons (Fsp3) is 0.0667. The van der Waals surface area contributed by atoms with Crippen molar-refractivity contribution in [3.05, 3.63) is 50.4 Å². The van der Waals surface area contributed by atoms with Gasteiger partial charge in [-0.25, -0.2) is 5.43 Å². The van der Waals surface area contributed by atoms with E-state index in [-0.39, 0.29) is 16.0 Å². The molecule has 3 N–H and O–H groups in total. The maximum Gasteiger partial charge on any atom is 0.271 e. The summed E-state index contributed by atoms with van der Waals surface area (Å²) in [5.41, 5.74) is 3.05. The third-order valence-corrected chi connectivity index (χ3v) is 4.25. The quantitative estimate of drug-likeness (QED) is 0.498. The van der Waals surface area contributed by atoms with Gasteiger partial charge in [0.2, 0.25) is 0 Å². The SMILES string of the molecule is COc1cccc(C(=O)N/N=C/c2cc(Br)c(O)c(Br)c2O)c1. The highest BCUT2D eigenvalue weighted by atomic mass is 79.9. The highest BCUT2D eigenvalue weighted by Crippen LogP contribution is 2.40. The number of rotatable bonds is 4. The first kappa shape index (κ1) is 17.3. The number of amides is 1. The number of hydrazone groups is 1. The number of ether oxygens (including phenoxy) is 1. The molecular formula is C15H12Br2N2O4. The summed E-state index contributed by atoms with van der Waals surface area (Å²) in [6.07, 6.45) is 1.27. The van der Waals surface area contributed by atoms with Crippen LogP contribution in [0.3, 0.4) is 0 Å². The molecule has 2 aromatic rings. The zero-order chi connectivity index (χ0) is 17.0. The Labute approximate surface area is 149 Å². The molecule has 0 spiro atoms. The monoisotopic (exact) mass is 442 g/mol. The summed E-state index contributed by atoms with van der Waals surface area (Å²) in [6.45, 7) is 0. The van der Waals surface area contributed by atoms with E-state index in [9.17, 15) is 15.0 Å². The van der Waals surface area contributed by atoms with Crippen LogP contribution in [0.1, 0.15) is 15.9 Å². The Balaban J connectivity index is 2.14. The van der Waals surface area contributed by atoms with E-state index in [0.29, 0.717) is 21.3 Å². The van der Waals surface area contributed by atoms with E-state index in [4.69, 9.17) is 4.74 Å². The first-order valence-electron chi connectivity index (χ1n) is 6.31. The number of phenols is 2. The highest BCUT2D eigenvalue weighted by molar-refractivity contribution is 9.11. The molecule has 0 saturated carbocycles. The standard InChI is InChI=1S/C15H12Br2N2O4/c1-23-10-4-2-3-8(5-10)15(22)19-18-7-9-6-11(16)14(21)12(17)13(9)20/h2-7,20-21H,1H3,(H,19,22)/b18-7+. The number of nitrogens with one attached hydrogen (secondary N) is 1. The molecule has 0 aromatic heterocycles. The molecule has 0 saturated heterocycles. The molecule has 0 unspecified atom stereocenters. The number of carbonyl (C=O) groups is 1. The first-order chi connectivity index (χ1) is 10.9. The summed E-state index contributed by atoms with van der Waals surface area (Å²) in [7, 11) is 1.51. The van der Waals surface area contributed by atoms with Crippen LogP contribution >= 0.6 is 31.9 Å². The largest absolute Gasteiger partial charge is 0.506 e. The Morgan fingerprint density at radius 3 is 2.70 bits per heavy atom. The average molecular weight is 444 g/mol. The Kier molecular flexibility index (Phi) is 5.62. The summed E-state index contributed by atoms with van der Waals surface area (Å²) in [4.78, 5) is 12.0. The second-order valence-corrected chi connectivity index (χ2v) is 6.04. The van der Waals surface area contributed by atoms with Crippen molar-refractivity contribution in [3.8, 4) is 17.2 Å². The van der Waals surface area contributed by atoms with Crippen LogP contribution in [0, 0.1) is 0 Å². The van der Waals surface area contributed by atoms with Crippen LogP contribution in [0.5, 0.6) is 17.2 Å². The Morgan fingerprint density at radius 2 is 2.00 bits per heavy atom. The number of nitrogens with zero attached hydrogens (tertiary/aromatic N) is 1. The molecule has 23 heavy (non-hydrogen) atoms. The summed E-state index contributed by atoms with van der Waals surface area (Å²) >= 11 is 6.21. The van der Waals surface area contributed by atoms with Gasteiger partial charge < -0.3 is 14.9 Å². The zero-order valence-electron chi connectivity index (χ0n) is 11.9. The van der Waals surface area contributed by atoms with Crippen LogP contribution < -0.4 is 10.2 Å². The van der Waals surface area contributed by atoms with E-state index in [1.54, 1.807) is 24.3 Å². The van der Waals surface area contributed by atoms with E-state index in [0.717, 1.165) is 0 Å². The number of hydrogen-bond acceptors (Lipinski definition) is 5. The minimum Gasteiger partial charge on any atom is -0.506 e. The van der Waals surface area contributed by atoms with Gasteiger partial charge in [-0.1, -0.05) is 6.07 Å². The molecule has 0 radical (unpaired) electrons. The number of aromatic hydroxyl groups is 2. The molecule has 6 nitrogen and oxygen atoms in total. The molecule has 0 fully saturated rings. The van der Waals surface area contributed by atoms with Gasteiger partial charge in [0.15, 0.2) is 0 Å². The van der Waals surface area contributed by atoms with Crippen molar-refractivity contribution in [1.82, 2.24) is 5.43 Å². The van der Waals surface area contributed by atoms with Crippen molar-refractivity contribution in [2.75, 3.05) is 7.11 Å². The maximum absolute atomic E-state index is 12.0. The minimum atomic E-state index is -0.420. The van der Waals surface area contributed by atoms with Crippen LogP contribution in [0.25, 0.3) is 0 Å². The van der Waals surface area contributed by atoms with E-state index in [1.807, 2.05) is 0 Å². The molecule has 0 aliphatic carbocycles. The first-order valence-corrected chi connectivity index (χ1v) is 7.90. The van der Waals surface area contributed by atoms with Gasteiger partial charge in [0.25, 0.3) is 5.91 Å². The predicted octanol–water partition coefficient (Wildman–Crippen LogP) is 3.40. The van der Waals surface area contributed by atoms with Gasteiger partial charge in [-0.3, -0.25) is 4.79 Å². The molecule has 0 heterocycles. The van der Waals surface area contributed by atoms with Crippen molar-refractivity contribution >= 4 is 44.0 Å². The normalized spacial score (nSPS) is 10.7. The third-order valence-electron chi connectivity index (χ3n) is 2.90. The number of carbonyl (C=O) groups excluding carboxylic acids is 1. The van der Waals surface area contributed by atoms with Gasteiger partial charge >= 0.3 is 0 Å². The van der Waals surface area contributed by atoms with Gasteiger partial charge in [-0.05, 0) is 56.1 Å². The van der Waals surface area contributed by atoms with Crippen molar-refractivity contribution in [2.24, 2.45) is 5.10 Å². The fourth-order valence-electron chi connectivity index (χ4n) is 1.70. The summed E-state index contributed by atoms with van der Waals surface area (Å²) in [5, 5.41) is 23.3. The topological polar surface area (TPSA) is 91.2 Å². The van der Waals surface area contributed by atoms with Gasteiger partial charge in [-0.15, -0.1) is 0 Å². The van der Waals surface area contributed by atoms with Crippen LogP contribution in [-0.2, 0) is 0 Å². The molecular weight excluding hydrogens is 432 g/mol. The number of hydrogen-bond donors (Lipinski definition) is 3. The lowest BCUT2D eigenvalue weighted by Crippen LogP contribution is -2.17. The molecule has 8 heteroatoms. The zero-order valence-corrected chi connectivity index (χ0v) is 15.1. The van der Waals surface area contributed by atoms with E-state index >= 15 is 0 Å².